The number of alkyl halides is 3. The minimum atomic E-state index is -4.53. The van der Waals surface area contributed by atoms with E-state index in [4.69, 9.17) is 5.10 Å². The molecule has 2 aliphatic rings. The molecular formula is C25H24F3N7O. The smallest absolute Gasteiger partial charge is 0.325 e. The summed E-state index contributed by atoms with van der Waals surface area (Å²) in [5.41, 5.74) is 3.59. The summed E-state index contributed by atoms with van der Waals surface area (Å²) in [5, 5.41) is 9.12. The summed E-state index contributed by atoms with van der Waals surface area (Å²) in [4.78, 5) is 24.8. The number of carbonyl (C=O) groups excluding carboxylic acids is 1. The van der Waals surface area contributed by atoms with Gasteiger partial charge in [0.2, 0.25) is 0 Å². The van der Waals surface area contributed by atoms with Gasteiger partial charge in [-0.3, -0.25) is 24.1 Å². The van der Waals surface area contributed by atoms with Gasteiger partial charge in [-0.1, -0.05) is 0 Å². The van der Waals surface area contributed by atoms with Crippen molar-refractivity contribution in [1.29, 1.82) is 0 Å². The van der Waals surface area contributed by atoms with E-state index in [0.29, 0.717) is 34.4 Å². The Morgan fingerprint density at radius 3 is 2.64 bits per heavy atom. The highest BCUT2D eigenvalue weighted by atomic mass is 19.4. The Hall–Kier alpha value is -3.76. The summed E-state index contributed by atoms with van der Waals surface area (Å²) < 4.78 is 42.9. The average molecular weight is 496 g/mol. The monoisotopic (exact) mass is 495 g/mol. The van der Waals surface area contributed by atoms with E-state index in [1.54, 1.807) is 24.0 Å². The molecule has 11 heteroatoms. The van der Waals surface area contributed by atoms with Gasteiger partial charge in [-0.05, 0) is 56.9 Å². The van der Waals surface area contributed by atoms with Gasteiger partial charge in [0.15, 0.2) is 5.69 Å². The topological polar surface area (TPSA) is 81.7 Å². The molecule has 0 aromatic carbocycles. The first kappa shape index (κ1) is 22.7. The van der Waals surface area contributed by atoms with Crippen LogP contribution in [0.4, 0.5) is 13.2 Å². The van der Waals surface area contributed by atoms with Gasteiger partial charge >= 0.3 is 6.18 Å². The molecule has 2 aliphatic heterocycles. The number of aryl methyl sites for hydroxylation is 3. The zero-order valence-corrected chi connectivity index (χ0v) is 20.0. The number of fused-ring (bicyclic) bond motifs is 5. The molecular weight excluding hydrogens is 471 g/mol. The summed E-state index contributed by atoms with van der Waals surface area (Å²) >= 11 is 0. The van der Waals surface area contributed by atoms with Crippen molar-refractivity contribution in [1.82, 2.24) is 34.4 Å². The van der Waals surface area contributed by atoms with Gasteiger partial charge in [0, 0.05) is 43.0 Å². The van der Waals surface area contributed by atoms with Gasteiger partial charge in [0.05, 0.1) is 28.6 Å². The predicted molar refractivity (Wildman–Crippen MR) is 125 cm³/mol. The quantitative estimate of drug-likeness (QED) is 0.412. The molecule has 1 fully saturated rings. The molecule has 2 unspecified atom stereocenters. The second kappa shape index (κ2) is 7.87. The standard InChI is InChI=1S/C25H24F3N7O/c1-13-7-8-15-17(30-13)9-10-29-22(15)24(36)35-14-5-4-6-18(35)21-16(11-14)23(34(3)32-21)19-12-20(25(26,27)28)31-33(19)2/h7-10,12,14,18H,4-6,11H2,1-3H3. The lowest BCUT2D eigenvalue weighted by Crippen LogP contribution is -2.50. The molecule has 0 aliphatic carbocycles. The Morgan fingerprint density at radius 1 is 1.08 bits per heavy atom. The molecule has 0 N–H and O–H groups in total. The third kappa shape index (κ3) is 3.40. The minimum absolute atomic E-state index is 0.0996. The predicted octanol–water partition coefficient (Wildman–Crippen LogP) is 4.38. The highest BCUT2D eigenvalue weighted by Gasteiger charge is 2.45. The Bertz CT molecular complexity index is 1520. The van der Waals surface area contributed by atoms with Crippen LogP contribution in [0, 0.1) is 6.92 Å². The number of pyridine rings is 2. The second-order valence-corrected chi connectivity index (χ2v) is 9.57. The fourth-order valence-electron chi connectivity index (χ4n) is 5.75. The molecule has 2 atom stereocenters. The lowest BCUT2D eigenvalue weighted by atomic mass is 9.82. The molecule has 1 saturated heterocycles. The first-order valence-corrected chi connectivity index (χ1v) is 11.9. The first-order valence-electron chi connectivity index (χ1n) is 11.9. The summed E-state index contributed by atoms with van der Waals surface area (Å²) in [6, 6.07) is 6.23. The van der Waals surface area contributed by atoms with Crippen molar-refractivity contribution in [3.8, 4) is 11.4 Å². The van der Waals surface area contributed by atoms with Crippen molar-refractivity contribution < 1.29 is 18.0 Å². The fraction of sp³-hybridized carbons (Fsp3) is 0.400. The Balaban J connectivity index is 1.44. The normalized spacial score (nSPS) is 19.6. The maximum absolute atomic E-state index is 13.9. The van der Waals surface area contributed by atoms with Crippen molar-refractivity contribution in [2.24, 2.45) is 14.1 Å². The van der Waals surface area contributed by atoms with Crippen molar-refractivity contribution in [3.63, 3.8) is 0 Å². The van der Waals surface area contributed by atoms with E-state index >= 15 is 0 Å². The third-order valence-electron chi connectivity index (χ3n) is 7.28. The van der Waals surface area contributed by atoms with Crippen molar-refractivity contribution >= 4 is 16.8 Å². The van der Waals surface area contributed by atoms with Gasteiger partial charge in [0.1, 0.15) is 5.69 Å². The van der Waals surface area contributed by atoms with E-state index in [9.17, 15) is 18.0 Å². The molecule has 4 aromatic heterocycles. The van der Waals surface area contributed by atoms with Gasteiger partial charge in [-0.25, -0.2) is 0 Å². The highest BCUT2D eigenvalue weighted by Crippen LogP contribution is 2.45. The molecule has 0 radical (unpaired) electrons. The summed E-state index contributed by atoms with van der Waals surface area (Å²) in [6.45, 7) is 1.90. The van der Waals surface area contributed by atoms with E-state index in [-0.39, 0.29) is 18.0 Å². The van der Waals surface area contributed by atoms with Crippen molar-refractivity contribution in [3.05, 3.63) is 58.8 Å². The van der Waals surface area contributed by atoms with Crippen LogP contribution in [0.2, 0.25) is 0 Å². The molecule has 8 nitrogen and oxygen atoms in total. The average Bonchev–Trinajstić information content (AvgIpc) is 3.36. The van der Waals surface area contributed by atoms with Crippen LogP contribution in [-0.2, 0) is 26.7 Å². The third-order valence-corrected chi connectivity index (χ3v) is 7.28. The number of piperidine rings is 1. The zero-order chi connectivity index (χ0) is 25.4. The van der Waals surface area contributed by atoms with E-state index < -0.39 is 11.9 Å². The highest BCUT2D eigenvalue weighted by molar-refractivity contribution is 6.04. The molecule has 1 amide bonds. The van der Waals surface area contributed by atoms with E-state index in [0.717, 1.165) is 42.3 Å². The van der Waals surface area contributed by atoms with Crippen LogP contribution < -0.4 is 0 Å². The largest absolute Gasteiger partial charge is 0.435 e. The molecule has 36 heavy (non-hydrogen) atoms. The number of hydrogen-bond donors (Lipinski definition) is 0. The number of carbonyl (C=O) groups is 1. The number of amides is 1. The maximum atomic E-state index is 13.9. The Kier molecular flexibility index (Phi) is 4.96. The Morgan fingerprint density at radius 2 is 1.89 bits per heavy atom. The number of halogens is 3. The summed E-state index contributed by atoms with van der Waals surface area (Å²) in [5.74, 6) is -0.168. The van der Waals surface area contributed by atoms with Crippen LogP contribution in [0.5, 0.6) is 0 Å². The summed E-state index contributed by atoms with van der Waals surface area (Å²) in [6.07, 6.45) is 0.0533. The van der Waals surface area contributed by atoms with Gasteiger partial charge in [-0.15, -0.1) is 0 Å². The molecule has 0 saturated carbocycles. The second-order valence-electron chi connectivity index (χ2n) is 9.57. The SMILES string of the molecule is Cc1ccc2c(C(=O)N3C4CCCC3c3nn(C)c(-c5cc(C(F)(F)F)nn5C)c3C4)nccc2n1. The Labute approximate surface area is 204 Å². The molecule has 4 aromatic rings. The molecule has 186 valence electrons. The van der Waals surface area contributed by atoms with E-state index in [2.05, 4.69) is 15.1 Å². The van der Waals surface area contributed by atoms with Crippen LogP contribution in [0.3, 0.4) is 0 Å². The lowest BCUT2D eigenvalue weighted by molar-refractivity contribution is -0.141. The van der Waals surface area contributed by atoms with Crippen LogP contribution in [0.1, 0.15) is 58.4 Å². The van der Waals surface area contributed by atoms with Crippen LogP contribution in [0.15, 0.2) is 30.5 Å². The van der Waals surface area contributed by atoms with Crippen LogP contribution in [0.25, 0.3) is 22.3 Å². The molecule has 2 bridgehead atoms. The zero-order valence-electron chi connectivity index (χ0n) is 20.0. The van der Waals surface area contributed by atoms with Crippen molar-refractivity contribution in [2.45, 2.75) is 50.9 Å². The number of aromatic nitrogens is 6. The van der Waals surface area contributed by atoms with Crippen LogP contribution >= 0.6 is 0 Å². The maximum Gasteiger partial charge on any atom is 0.435 e. The van der Waals surface area contributed by atoms with Gasteiger partial charge in [-0.2, -0.15) is 23.4 Å². The van der Waals surface area contributed by atoms with Crippen molar-refractivity contribution in [2.75, 3.05) is 0 Å². The summed E-state index contributed by atoms with van der Waals surface area (Å²) in [7, 11) is 3.23. The molecule has 6 heterocycles. The number of nitrogens with zero attached hydrogens (tertiary/aromatic N) is 7. The molecule has 0 spiro atoms. The fourth-order valence-corrected chi connectivity index (χ4v) is 5.75. The van der Waals surface area contributed by atoms with Gasteiger partial charge in [0.25, 0.3) is 5.91 Å². The lowest BCUT2D eigenvalue weighted by Gasteiger charge is -2.45. The van der Waals surface area contributed by atoms with E-state index in [1.807, 2.05) is 24.0 Å². The molecule has 6 rings (SSSR count). The number of hydrogen-bond acceptors (Lipinski definition) is 5. The minimum Gasteiger partial charge on any atom is -0.325 e. The van der Waals surface area contributed by atoms with Gasteiger partial charge < -0.3 is 4.90 Å². The van der Waals surface area contributed by atoms with E-state index in [1.165, 1.54) is 11.7 Å². The number of rotatable bonds is 2. The van der Waals surface area contributed by atoms with Crippen LogP contribution in [-0.4, -0.2) is 46.4 Å². The first-order chi connectivity index (χ1) is 17.1.